The topological polar surface area (TPSA) is 33.5 Å². The summed E-state index contributed by atoms with van der Waals surface area (Å²) in [7, 11) is 0. The minimum Gasteiger partial charge on any atom is -0.457 e. The third-order valence-electron chi connectivity index (χ3n) is 4.05. The van der Waals surface area contributed by atoms with Gasteiger partial charge in [0.2, 0.25) is 0 Å². The number of furan rings is 1. The molecule has 29 heavy (non-hydrogen) atoms. The van der Waals surface area contributed by atoms with Crippen LogP contribution < -0.4 is 4.90 Å². The van der Waals surface area contributed by atoms with Crippen molar-refractivity contribution < 1.29 is 13.6 Å². The van der Waals surface area contributed by atoms with Crippen molar-refractivity contribution in [1.29, 1.82) is 0 Å². The zero-order valence-corrected chi connectivity index (χ0v) is 18.2. The van der Waals surface area contributed by atoms with Gasteiger partial charge in [-0.2, -0.15) is 0 Å². The fourth-order valence-electron chi connectivity index (χ4n) is 2.71. The van der Waals surface area contributed by atoms with Crippen LogP contribution in [-0.2, 0) is 4.79 Å². The summed E-state index contributed by atoms with van der Waals surface area (Å²) < 4.78 is 19.5. The van der Waals surface area contributed by atoms with Gasteiger partial charge in [0.15, 0.2) is 4.32 Å². The summed E-state index contributed by atoms with van der Waals surface area (Å²) >= 11 is 24.4. The van der Waals surface area contributed by atoms with E-state index in [0.717, 1.165) is 11.8 Å². The number of carbonyl (C=O) groups excluding carboxylic acids is 1. The van der Waals surface area contributed by atoms with Gasteiger partial charge in [-0.05, 0) is 48.5 Å². The number of thiocarbonyl (C=S) groups is 1. The minimum absolute atomic E-state index is 0.0870. The van der Waals surface area contributed by atoms with E-state index in [0.29, 0.717) is 42.0 Å². The summed E-state index contributed by atoms with van der Waals surface area (Å²) in [6, 6.07) is 12.6. The molecule has 1 aliphatic rings. The Bertz CT molecular complexity index is 1190. The molecule has 1 saturated heterocycles. The average molecular weight is 485 g/mol. The van der Waals surface area contributed by atoms with E-state index in [1.54, 1.807) is 36.4 Å². The van der Waals surface area contributed by atoms with E-state index in [1.165, 1.54) is 23.1 Å². The number of benzene rings is 2. The number of thioether (sulfide) groups is 1. The predicted molar refractivity (Wildman–Crippen MR) is 121 cm³/mol. The lowest BCUT2D eigenvalue weighted by molar-refractivity contribution is -0.113. The third kappa shape index (κ3) is 4.09. The van der Waals surface area contributed by atoms with Crippen LogP contribution in [0.4, 0.5) is 10.1 Å². The lowest BCUT2D eigenvalue weighted by Crippen LogP contribution is -2.27. The molecule has 0 unspecified atom stereocenters. The Kier molecular flexibility index (Phi) is 5.73. The van der Waals surface area contributed by atoms with Gasteiger partial charge >= 0.3 is 0 Å². The molecule has 0 N–H and O–H groups in total. The van der Waals surface area contributed by atoms with Crippen LogP contribution in [0.1, 0.15) is 5.76 Å². The Balaban J connectivity index is 1.62. The lowest BCUT2D eigenvalue weighted by Gasteiger charge is -2.14. The van der Waals surface area contributed by atoms with Gasteiger partial charge < -0.3 is 4.42 Å². The van der Waals surface area contributed by atoms with Crippen LogP contribution in [0.25, 0.3) is 17.4 Å². The van der Waals surface area contributed by atoms with E-state index in [9.17, 15) is 9.18 Å². The van der Waals surface area contributed by atoms with Crippen molar-refractivity contribution >= 4 is 80.8 Å². The van der Waals surface area contributed by atoms with E-state index in [4.69, 9.17) is 51.4 Å². The molecule has 2 heterocycles. The van der Waals surface area contributed by atoms with Crippen molar-refractivity contribution in [2.45, 2.75) is 0 Å². The molecule has 0 radical (unpaired) electrons. The smallest absolute Gasteiger partial charge is 0.270 e. The monoisotopic (exact) mass is 483 g/mol. The van der Waals surface area contributed by atoms with Gasteiger partial charge in [0, 0.05) is 16.7 Å². The van der Waals surface area contributed by atoms with Crippen molar-refractivity contribution in [3.05, 3.63) is 80.1 Å². The van der Waals surface area contributed by atoms with Gasteiger partial charge in [-0.1, -0.05) is 58.8 Å². The number of carbonyl (C=O) groups is 1. The lowest BCUT2D eigenvalue weighted by atomic mass is 10.2. The van der Waals surface area contributed by atoms with Crippen LogP contribution in [0.2, 0.25) is 15.1 Å². The van der Waals surface area contributed by atoms with Gasteiger partial charge in [0.1, 0.15) is 17.3 Å². The molecule has 3 nitrogen and oxygen atoms in total. The molecule has 0 aliphatic carbocycles. The normalized spacial score (nSPS) is 15.6. The van der Waals surface area contributed by atoms with Crippen LogP contribution in [-0.4, -0.2) is 10.2 Å². The minimum atomic E-state index is -0.569. The van der Waals surface area contributed by atoms with Gasteiger partial charge in [-0.3, -0.25) is 9.69 Å². The second kappa shape index (κ2) is 8.13. The summed E-state index contributed by atoms with van der Waals surface area (Å²) in [5.41, 5.74) is 1.08. The van der Waals surface area contributed by atoms with E-state index in [1.807, 2.05) is 0 Å². The maximum absolute atomic E-state index is 13.4. The molecule has 3 aromatic rings. The Morgan fingerprint density at radius 1 is 1.03 bits per heavy atom. The number of amides is 1. The zero-order chi connectivity index (χ0) is 20.7. The van der Waals surface area contributed by atoms with Gasteiger partial charge in [-0.25, -0.2) is 4.39 Å². The van der Waals surface area contributed by atoms with Crippen LogP contribution in [0, 0.1) is 5.82 Å². The summed E-state index contributed by atoms with van der Waals surface area (Å²) in [6.45, 7) is 0. The van der Waals surface area contributed by atoms with E-state index in [-0.39, 0.29) is 10.9 Å². The first-order valence-corrected chi connectivity index (χ1v) is 10.5. The first-order chi connectivity index (χ1) is 13.8. The summed E-state index contributed by atoms with van der Waals surface area (Å²) in [5, 5.41) is 0.893. The maximum Gasteiger partial charge on any atom is 0.270 e. The number of rotatable bonds is 3. The summed E-state index contributed by atoms with van der Waals surface area (Å²) in [4.78, 5) is 14.5. The van der Waals surface area contributed by atoms with Crippen LogP contribution in [0.15, 0.2) is 57.9 Å². The van der Waals surface area contributed by atoms with Gasteiger partial charge in [-0.15, -0.1) is 0 Å². The van der Waals surface area contributed by atoms with E-state index >= 15 is 0 Å². The second-order valence-corrected chi connectivity index (χ2v) is 8.87. The molecule has 146 valence electrons. The van der Waals surface area contributed by atoms with E-state index in [2.05, 4.69) is 0 Å². The number of hydrogen-bond acceptors (Lipinski definition) is 4. The standard InChI is InChI=1S/C20H9Cl3FNO2S2/c21-10-1-4-13(14(22)7-10)17-6-3-12(27-17)9-18-19(26)25(20(28)29-18)11-2-5-16(24)15(23)8-11/h1-9H. The van der Waals surface area contributed by atoms with Crippen molar-refractivity contribution in [2.24, 2.45) is 0 Å². The maximum atomic E-state index is 13.4. The van der Waals surface area contributed by atoms with Crippen molar-refractivity contribution in [3.8, 4) is 11.3 Å². The molecule has 0 atom stereocenters. The first kappa shape index (κ1) is 20.4. The Labute approximate surface area is 190 Å². The van der Waals surface area contributed by atoms with Crippen molar-refractivity contribution in [1.82, 2.24) is 0 Å². The average Bonchev–Trinajstić information content (AvgIpc) is 3.22. The SMILES string of the molecule is O=C1C(=Cc2ccc(-c3ccc(Cl)cc3Cl)o2)SC(=S)N1c1ccc(F)c(Cl)c1. The Morgan fingerprint density at radius 2 is 1.83 bits per heavy atom. The summed E-state index contributed by atoms with van der Waals surface area (Å²) in [6.07, 6.45) is 1.59. The highest BCUT2D eigenvalue weighted by atomic mass is 35.5. The van der Waals surface area contributed by atoms with Crippen LogP contribution in [0.5, 0.6) is 0 Å². The van der Waals surface area contributed by atoms with Gasteiger partial charge in [0.25, 0.3) is 5.91 Å². The fourth-order valence-corrected chi connectivity index (χ4v) is 4.66. The largest absolute Gasteiger partial charge is 0.457 e. The highest BCUT2D eigenvalue weighted by Crippen LogP contribution is 2.38. The molecule has 9 heteroatoms. The van der Waals surface area contributed by atoms with E-state index < -0.39 is 5.82 Å². The van der Waals surface area contributed by atoms with Crippen LogP contribution >= 0.6 is 58.8 Å². The number of anilines is 1. The first-order valence-electron chi connectivity index (χ1n) is 8.12. The second-order valence-electron chi connectivity index (χ2n) is 5.94. The quantitative estimate of drug-likeness (QED) is 0.285. The molecule has 0 saturated carbocycles. The molecular weight excluding hydrogens is 476 g/mol. The molecule has 1 aromatic heterocycles. The van der Waals surface area contributed by atoms with Crippen molar-refractivity contribution in [3.63, 3.8) is 0 Å². The van der Waals surface area contributed by atoms with Crippen LogP contribution in [0.3, 0.4) is 0 Å². The zero-order valence-electron chi connectivity index (χ0n) is 14.3. The highest BCUT2D eigenvalue weighted by Gasteiger charge is 2.34. The van der Waals surface area contributed by atoms with Crippen molar-refractivity contribution in [2.75, 3.05) is 4.90 Å². The highest BCUT2D eigenvalue weighted by molar-refractivity contribution is 8.27. The number of nitrogens with zero attached hydrogens (tertiary/aromatic N) is 1. The molecule has 0 bridgehead atoms. The van der Waals surface area contributed by atoms with Gasteiger partial charge in [0.05, 0.1) is 20.6 Å². The molecular formula is C20H9Cl3FNO2S2. The Hall–Kier alpha value is -1.83. The number of halogens is 4. The molecule has 4 rings (SSSR count). The third-order valence-corrected chi connectivity index (χ3v) is 6.19. The Morgan fingerprint density at radius 3 is 2.55 bits per heavy atom. The summed E-state index contributed by atoms with van der Waals surface area (Å²) in [5.74, 6) is 0.0906. The molecule has 2 aromatic carbocycles. The molecule has 1 aliphatic heterocycles. The fraction of sp³-hybridized carbons (Fsp3) is 0. The number of hydrogen-bond donors (Lipinski definition) is 0. The molecule has 1 fully saturated rings. The molecule has 0 spiro atoms. The molecule has 1 amide bonds. The predicted octanol–water partition coefficient (Wildman–Crippen LogP) is 7.45.